The van der Waals surface area contributed by atoms with Gasteiger partial charge in [-0.2, -0.15) is 0 Å². The average molecular weight is 421 g/mol. The lowest BCUT2D eigenvalue weighted by molar-refractivity contribution is -0.131. The fourth-order valence-electron chi connectivity index (χ4n) is 5.58. The quantitative estimate of drug-likeness (QED) is 0.825. The maximum Gasteiger partial charge on any atom is 0.255 e. The lowest BCUT2D eigenvalue weighted by Crippen LogP contribution is -2.41. The molecule has 2 atom stereocenters. The Kier molecular flexibility index (Phi) is 5.65. The molecule has 3 heterocycles. The van der Waals surface area contributed by atoms with Crippen LogP contribution in [0, 0.1) is 0 Å². The zero-order valence-corrected chi connectivity index (χ0v) is 18.3. The van der Waals surface area contributed by atoms with Gasteiger partial charge in [-0.05, 0) is 31.7 Å². The molecule has 2 aliphatic heterocycles. The van der Waals surface area contributed by atoms with E-state index < -0.39 is 0 Å². The van der Waals surface area contributed by atoms with E-state index in [1.807, 2.05) is 42.2 Å². The second kappa shape index (κ2) is 8.58. The zero-order chi connectivity index (χ0) is 21.4. The van der Waals surface area contributed by atoms with Crippen LogP contribution in [0.4, 0.5) is 0 Å². The molecule has 1 amide bonds. The van der Waals surface area contributed by atoms with E-state index in [2.05, 4.69) is 9.88 Å². The molecule has 0 radical (unpaired) electrons. The Morgan fingerprint density at radius 2 is 1.90 bits per heavy atom. The molecule has 1 aliphatic carbocycles. The summed E-state index contributed by atoms with van der Waals surface area (Å²) in [6.07, 6.45) is 6.83. The van der Waals surface area contributed by atoms with Crippen LogP contribution in [0.1, 0.15) is 73.5 Å². The average Bonchev–Trinajstić information content (AvgIpc) is 3.51. The number of aromatic amines is 1. The van der Waals surface area contributed by atoms with Crippen LogP contribution in [-0.2, 0) is 17.8 Å². The Morgan fingerprint density at radius 1 is 1.13 bits per heavy atom. The minimum atomic E-state index is -0.155. The molecule has 1 N–H and O–H groups in total. The summed E-state index contributed by atoms with van der Waals surface area (Å²) in [7, 11) is 0. The third kappa shape index (κ3) is 4.05. The van der Waals surface area contributed by atoms with Crippen LogP contribution < -0.4 is 5.56 Å². The fourth-order valence-corrected chi connectivity index (χ4v) is 5.58. The third-order valence-corrected chi connectivity index (χ3v) is 7.51. The van der Waals surface area contributed by atoms with Crippen LogP contribution in [0.3, 0.4) is 0 Å². The Labute approximate surface area is 183 Å². The second-order valence-corrected chi connectivity index (χ2v) is 9.44. The summed E-state index contributed by atoms with van der Waals surface area (Å²) in [5.41, 5.74) is 2.88. The molecular weight excluding hydrogens is 388 g/mol. The smallest absolute Gasteiger partial charge is 0.255 e. The van der Waals surface area contributed by atoms with Gasteiger partial charge in [-0.1, -0.05) is 43.2 Å². The van der Waals surface area contributed by atoms with E-state index in [-0.39, 0.29) is 23.3 Å². The summed E-state index contributed by atoms with van der Waals surface area (Å²) in [6.45, 7) is 5.05. The molecule has 0 unspecified atom stereocenters. The SMILES string of the molecule is C[C@H](C(=O)N1CC[C@@H](c2nc3c(c(=O)[nH]2)CN(C2CCCC2)CC3)C1)c1ccccc1. The van der Waals surface area contributed by atoms with E-state index in [1.165, 1.54) is 25.7 Å². The van der Waals surface area contributed by atoms with Crippen molar-refractivity contribution in [2.75, 3.05) is 19.6 Å². The van der Waals surface area contributed by atoms with E-state index in [9.17, 15) is 9.59 Å². The summed E-state index contributed by atoms with van der Waals surface area (Å²) >= 11 is 0. The van der Waals surface area contributed by atoms with Crippen molar-refractivity contribution in [3.05, 3.63) is 63.3 Å². The maximum atomic E-state index is 13.0. The number of hydrogen-bond acceptors (Lipinski definition) is 4. The van der Waals surface area contributed by atoms with Crippen LogP contribution in [0.2, 0.25) is 0 Å². The molecule has 1 aromatic heterocycles. The van der Waals surface area contributed by atoms with Gasteiger partial charge >= 0.3 is 0 Å². The van der Waals surface area contributed by atoms with Crippen molar-refractivity contribution >= 4 is 5.91 Å². The molecule has 2 fully saturated rings. The number of H-pyrrole nitrogens is 1. The highest BCUT2D eigenvalue weighted by Gasteiger charge is 2.33. The van der Waals surface area contributed by atoms with Gasteiger partial charge in [-0.25, -0.2) is 4.98 Å². The van der Waals surface area contributed by atoms with E-state index >= 15 is 0 Å². The number of nitrogens with zero attached hydrogens (tertiary/aromatic N) is 3. The van der Waals surface area contributed by atoms with E-state index in [0.29, 0.717) is 12.6 Å². The largest absolute Gasteiger partial charge is 0.341 e. The first-order valence-corrected chi connectivity index (χ1v) is 11.8. The Hall–Kier alpha value is -2.47. The molecular formula is C25H32N4O2. The summed E-state index contributed by atoms with van der Waals surface area (Å²) in [5.74, 6) is 0.872. The molecule has 6 nitrogen and oxygen atoms in total. The van der Waals surface area contributed by atoms with E-state index in [4.69, 9.17) is 4.98 Å². The van der Waals surface area contributed by atoms with Crippen LogP contribution in [0.5, 0.6) is 0 Å². The number of hydrogen-bond donors (Lipinski definition) is 1. The summed E-state index contributed by atoms with van der Waals surface area (Å²) in [5, 5.41) is 0. The zero-order valence-electron chi connectivity index (χ0n) is 18.3. The van der Waals surface area contributed by atoms with Crippen molar-refractivity contribution < 1.29 is 4.79 Å². The summed E-state index contributed by atoms with van der Waals surface area (Å²) < 4.78 is 0. The Morgan fingerprint density at radius 3 is 2.68 bits per heavy atom. The molecule has 0 spiro atoms. The number of benzene rings is 1. The number of nitrogens with one attached hydrogen (secondary N) is 1. The number of amides is 1. The van der Waals surface area contributed by atoms with Gasteiger partial charge in [0, 0.05) is 44.6 Å². The van der Waals surface area contributed by atoms with Crippen molar-refractivity contribution in [3.63, 3.8) is 0 Å². The molecule has 6 heteroatoms. The van der Waals surface area contributed by atoms with Gasteiger partial charge in [0.05, 0.1) is 17.2 Å². The van der Waals surface area contributed by atoms with Crippen molar-refractivity contribution in [3.8, 4) is 0 Å². The predicted octanol–water partition coefficient (Wildman–Crippen LogP) is 3.19. The van der Waals surface area contributed by atoms with Crippen molar-refractivity contribution in [1.29, 1.82) is 0 Å². The van der Waals surface area contributed by atoms with Gasteiger partial charge in [0.25, 0.3) is 5.56 Å². The topological polar surface area (TPSA) is 69.3 Å². The van der Waals surface area contributed by atoms with Crippen LogP contribution >= 0.6 is 0 Å². The van der Waals surface area contributed by atoms with Crippen molar-refractivity contribution in [1.82, 2.24) is 19.8 Å². The second-order valence-electron chi connectivity index (χ2n) is 9.44. The number of rotatable bonds is 4. The van der Waals surface area contributed by atoms with E-state index in [1.54, 1.807) is 0 Å². The monoisotopic (exact) mass is 420 g/mol. The van der Waals surface area contributed by atoms with Crippen molar-refractivity contribution in [2.24, 2.45) is 0 Å². The lowest BCUT2D eigenvalue weighted by atomic mass is 10.00. The first-order valence-electron chi connectivity index (χ1n) is 11.8. The molecule has 2 aromatic rings. The highest BCUT2D eigenvalue weighted by atomic mass is 16.2. The highest BCUT2D eigenvalue weighted by Crippen LogP contribution is 2.30. The Bertz CT molecular complexity index is 996. The molecule has 5 rings (SSSR count). The first-order chi connectivity index (χ1) is 15.1. The standard InChI is InChI=1S/C25H32N4O2/c1-17(18-7-3-2-4-8-18)25(31)29-13-11-19(15-29)23-26-22-12-14-28(20-9-5-6-10-20)16-21(22)24(30)27-23/h2-4,7-8,17,19-20H,5-6,9-16H2,1H3,(H,26,27,30)/t17-,19+/m0/s1. The number of carbonyl (C=O) groups is 1. The lowest BCUT2D eigenvalue weighted by Gasteiger charge is -2.32. The van der Waals surface area contributed by atoms with Crippen LogP contribution in [-0.4, -0.2) is 51.4 Å². The third-order valence-electron chi connectivity index (χ3n) is 7.51. The normalized spacial score (nSPS) is 23.1. The van der Waals surface area contributed by atoms with Gasteiger partial charge in [0.2, 0.25) is 5.91 Å². The maximum absolute atomic E-state index is 13.0. The molecule has 1 aromatic carbocycles. The van der Waals surface area contributed by atoms with Gasteiger partial charge in [-0.3, -0.25) is 14.5 Å². The minimum Gasteiger partial charge on any atom is -0.341 e. The molecule has 31 heavy (non-hydrogen) atoms. The number of aromatic nitrogens is 2. The van der Waals surface area contributed by atoms with Gasteiger partial charge < -0.3 is 9.88 Å². The highest BCUT2D eigenvalue weighted by molar-refractivity contribution is 5.83. The Balaban J connectivity index is 1.28. The van der Waals surface area contributed by atoms with Crippen LogP contribution in [0.25, 0.3) is 0 Å². The fraction of sp³-hybridized carbons (Fsp3) is 0.560. The molecule has 0 bridgehead atoms. The van der Waals surface area contributed by atoms with E-state index in [0.717, 1.165) is 55.1 Å². The first kappa shape index (κ1) is 20.4. The van der Waals surface area contributed by atoms with Crippen LogP contribution in [0.15, 0.2) is 35.1 Å². The molecule has 1 saturated carbocycles. The summed E-state index contributed by atoms with van der Waals surface area (Å²) in [4.78, 5) is 38.3. The van der Waals surface area contributed by atoms with Gasteiger partial charge in [0.1, 0.15) is 5.82 Å². The van der Waals surface area contributed by atoms with Gasteiger partial charge in [-0.15, -0.1) is 0 Å². The summed E-state index contributed by atoms with van der Waals surface area (Å²) in [6, 6.07) is 10.6. The van der Waals surface area contributed by atoms with Gasteiger partial charge in [0.15, 0.2) is 0 Å². The predicted molar refractivity (Wildman–Crippen MR) is 120 cm³/mol. The molecule has 1 saturated heterocycles. The van der Waals surface area contributed by atoms with Crippen molar-refractivity contribution in [2.45, 2.75) is 69.9 Å². The molecule has 164 valence electrons. The number of fused-ring (bicyclic) bond motifs is 1. The minimum absolute atomic E-state index is 0.0186. The number of likely N-dealkylation sites (tertiary alicyclic amines) is 1. The number of carbonyl (C=O) groups excluding carboxylic acids is 1. The molecule has 3 aliphatic rings.